The van der Waals surface area contributed by atoms with Crippen LogP contribution < -0.4 is 20.9 Å². The number of unbranched alkanes of at least 4 members (excludes halogenated alkanes) is 1. The molecule has 45 heavy (non-hydrogen) atoms. The van der Waals surface area contributed by atoms with Gasteiger partial charge in [0.15, 0.2) is 6.20 Å². The Labute approximate surface area is 260 Å². The Morgan fingerprint density at radius 2 is 1.93 bits per heavy atom. The molecule has 0 saturated carbocycles. The minimum Gasteiger partial charge on any atom is -0.485 e. The standard InChI is InChI=1S/C33H36N6O6/c1-3-19-7-10-24-28(14-19)45-29-16-21(34)9-12-25(29)30(24)23-11-8-20(15-26(23)32(41)42)31(40)38(2)17-22-18-39(37-36-22)13-5-4-6-27(35)33(43)44/h3,7-12,15-16,18,27-28H,4-6,13-14,17,34-35H2,1-2H3,(H2,41,42,43,44)/p+1/b19-3-. The van der Waals surface area contributed by atoms with E-state index in [1.54, 1.807) is 42.2 Å². The van der Waals surface area contributed by atoms with Gasteiger partial charge in [-0.25, -0.2) is 4.79 Å². The second-order valence-electron chi connectivity index (χ2n) is 11.3. The second kappa shape index (κ2) is 13.2. The number of amides is 1. The van der Waals surface area contributed by atoms with Gasteiger partial charge in [-0.05, 0) is 61.6 Å². The van der Waals surface area contributed by atoms with Crippen LogP contribution in [-0.4, -0.2) is 62.5 Å². The number of aromatic carboxylic acids is 1. The van der Waals surface area contributed by atoms with Crippen molar-refractivity contribution >= 4 is 29.1 Å². The molecule has 0 saturated heterocycles. The number of aromatic nitrogens is 3. The van der Waals surface area contributed by atoms with Crippen molar-refractivity contribution in [2.24, 2.45) is 5.73 Å². The highest BCUT2D eigenvalue weighted by Gasteiger charge is 2.33. The molecule has 7 N–H and O–H groups in total. The molecule has 234 valence electrons. The van der Waals surface area contributed by atoms with Gasteiger partial charge in [-0.1, -0.05) is 29.5 Å². The molecule has 2 unspecified atom stereocenters. The summed E-state index contributed by atoms with van der Waals surface area (Å²) in [7, 11) is 1.63. The number of aryl methyl sites for hydroxylation is 1. The quantitative estimate of drug-likeness (QED) is 0.123. The van der Waals surface area contributed by atoms with E-state index >= 15 is 0 Å². The summed E-state index contributed by atoms with van der Waals surface area (Å²) < 4.78 is 8.08. The molecule has 0 bridgehead atoms. The first-order valence-corrected chi connectivity index (χ1v) is 14.7. The molecule has 1 amide bonds. The van der Waals surface area contributed by atoms with Gasteiger partial charge in [0.2, 0.25) is 5.69 Å². The average Bonchev–Trinajstić information content (AvgIpc) is 3.47. The van der Waals surface area contributed by atoms with Crippen molar-refractivity contribution < 1.29 is 34.0 Å². The third kappa shape index (κ3) is 6.80. The van der Waals surface area contributed by atoms with Crippen LogP contribution >= 0.6 is 0 Å². The Kier molecular flexibility index (Phi) is 9.14. The summed E-state index contributed by atoms with van der Waals surface area (Å²) in [4.78, 5) is 38.4. The number of carboxylic acids is 2. The molecule has 0 radical (unpaired) electrons. The predicted molar refractivity (Wildman–Crippen MR) is 166 cm³/mol. The van der Waals surface area contributed by atoms with Gasteiger partial charge in [0.1, 0.15) is 24.4 Å². The third-order valence-corrected chi connectivity index (χ3v) is 8.07. The van der Waals surface area contributed by atoms with Gasteiger partial charge in [-0.3, -0.25) is 9.59 Å². The minimum atomic E-state index is -1.15. The van der Waals surface area contributed by atoms with Crippen molar-refractivity contribution in [3.63, 3.8) is 0 Å². The number of carboxylic acid groups (broad SMARTS) is 2. The normalized spacial score (nSPS) is 17.0. The topological polar surface area (TPSA) is 189 Å². The zero-order valence-electron chi connectivity index (χ0n) is 25.2. The van der Waals surface area contributed by atoms with E-state index in [-0.39, 0.29) is 29.7 Å². The molecule has 12 nitrogen and oxygen atoms in total. The van der Waals surface area contributed by atoms with Gasteiger partial charge >= 0.3 is 11.9 Å². The van der Waals surface area contributed by atoms with E-state index in [1.807, 2.05) is 31.2 Å². The first-order valence-electron chi connectivity index (χ1n) is 14.7. The van der Waals surface area contributed by atoms with Crippen LogP contribution in [0.15, 0.2) is 72.0 Å². The number of benzene rings is 2. The number of hydrogen-bond donors (Lipinski definition) is 5. The number of nitrogens with two attached hydrogens (primary N) is 2. The predicted octanol–water partition coefficient (Wildman–Crippen LogP) is 3.30. The van der Waals surface area contributed by atoms with Crippen LogP contribution in [0.25, 0.3) is 5.57 Å². The van der Waals surface area contributed by atoms with Crippen molar-refractivity contribution in [2.45, 2.75) is 57.8 Å². The first kappa shape index (κ1) is 31.2. The summed E-state index contributed by atoms with van der Waals surface area (Å²) in [5.74, 6) is -1.94. The van der Waals surface area contributed by atoms with E-state index in [0.29, 0.717) is 54.9 Å². The van der Waals surface area contributed by atoms with Crippen LogP contribution in [0.1, 0.15) is 70.1 Å². The van der Waals surface area contributed by atoms with Crippen molar-refractivity contribution in [2.75, 3.05) is 12.8 Å². The van der Waals surface area contributed by atoms with E-state index in [0.717, 1.165) is 22.3 Å². The Morgan fingerprint density at radius 3 is 2.67 bits per heavy atom. The first-order chi connectivity index (χ1) is 21.5. The van der Waals surface area contributed by atoms with Crippen LogP contribution in [0.4, 0.5) is 5.69 Å². The lowest BCUT2D eigenvalue weighted by atomic mass is 9.81. The molecular formula is C33H37N6O6+. The fraction of sp³-hybridized carbons (Fsp3) is 0.303. The summed E-state index contributed by atoms with van der Waals surface area (Å²) in [6.07, 6.45) is 9.85. The van der Waals surface area contributed by atoms with Crippen molar-refractivity contribution in [3.8, 4) is 5.75 Å². The molecule has 1 aliphatic carbocycles. The fourth-order valence-electron chi connectivity index (χ4n) is 5.65. The van der Waals surface area contributed by atoms with E-state index in [9.17, 15) is 19.5 Å². The highest BCUT2D eigenvalue weighted by molar-refractivity contribution is 6.03. The van der Waals surface area contributed by atoms with Gasteiger partial charge in [-0.15, -0.1) is 0 Å². The maximum atomic E-state index is 13.4. The van der Waals surface area contributed by atoms with Gasteiger partial charge < -0.3 is 31.3 Å². The third-order valence-electron chi connectivity index (χ3n) is 8.07. The largest absolute Gasteiger partial charge is 0.485 e. The van der Waals surface area contributed by atoms with E-state index in [4.69, 9.17) is 21.3 Å². The molecular weight excluding hydrogens is 576 g/mol. The number of ether oxygens (including phenoxy) is 1. The fourth-order valence-corrected chi connectivity index (χ4v) is 5.65. The number of nitrogens with zero attached hydrogens (tertiary/aromatic N) is 3. The lowest BCUT2D eigenvalue weighted by Crippen LogP contribution is -2.36. The molecule has 1 aliphatic heterocycles. The molecule has 1 aromatic heterocycles. The van der Waals surface area contributed by atoms with E-state index < -0.39 is 18.0 Å². The minimum absolute atomic E-state index is 0.00522. The summed E-state index contributed by atoms with van der Waals surface area (Å²) in [6, 6.07) is 9.22. The smallest absolute Gasteiger partial charge is 0.336 e. The maximum absolute atomic E-state index is 13.4. The molecule has 12 heteroatoms. The molecule has 2 heterocycles. The van der Waals surface area contributed by atoms with E-state index in [2.05, 4.69) is 10.3 Å². The van der Waals surface area contributed by atoms with Crippen LogP contribution in [0, 0.1) is 0 Å². The van der Waals surface area contributed by atoms with Crippen molar-refractivity contribution in [1.29, 1.82) is 0 Å². The number of aromatic amines is 1. The number of H-pyrrole nitrogens is 1. The lowest BCUT2D eigenvalue weighted by Gasteiger charge is -2.33. The second-order valence-corrected chi connectivity index (χ2v) is 11.3. The highest BCUT2D eigenvalue weighted by atomic mass is 16.5. The average molecular weight is 614 g/mol. The molecule has 0 spiro atoms. The number of nitrogens with one attached hydrogen (secondary N) is 1. The summed E-state index contributed by atoms with van der Waals surface area (Å²) in [5, 5.41) is 26.4. The van der Waals surface area contributed by atoms with Gasteiger partial charge in [-0.2, -0.15) is 4.68 Å². The molecule has 2 aromatic carbocycles. The lowest BCUT2D eigenvalue weighted by molar-refractivity contribution is -0.754. The molecule has 0 fully saturated rings. The monoisotopic (exact) mass is 613 g/mol. The Balaban J connectivity index is 1.37. The van der Waals surface area contributed by atoms with Crippen molar-refractivity contribution in [3.05, 3.63) is 99.9 Å². The summed E-state index contributed by atoms with van der Waals surface area (Å²) >= 11 is 0. The Morgan fingerprint density at radius 1 is 1.16 bits per heavy atom. The number of fused-ring (bicyclic) bond motifs is 2. The van der Waals surface area contributed by atoms with Gasteiger partial charge in [0, 0.05) is 52.6 Å². The van der Waals surface area contributed by atoms with Gasteiger partial charge in [0.25, 0.3) is 5.91 Å². The number of carbonyl (C=O) groups is 3. The zero-order valence-corrected chi connectivity index (χ0v) is 25.2. The summed E-state index contributed by atoms with van der Waals surface area (Å²) in [5.41, 5.74) is 17.0. The number of allylic oxidation sites excluding steroid dienone is 2. The molecule has 3 aromatic rings. The Hall–Kier alpha value is -5.23. The number of carbonyl (C=O) groups excluding carboxylic acids is 1. The van der Waals surface area contributed by atoms with Crippen molar-refractivity contribution in [1.82, 2.24) is 15.2 Å². The highest BCUT2D eigenvalue weighted by Crippen LogP contribution is 2.45. The molecule has 2 aliphatic rings. The number of hydrogen-bond acceptors (Lipinski definition) is 7. The van der Waals surface area contributed by atoms with Gasteiger partial charge in [0.05, 0.1) is 12.1 Å². The van der Waals surface area contributed by atoms with Crippen LogP contribution in [0.2, 0.25) is 0 Å². The number of anilines is 1. The number of nitrogen functional groups attached to an aromatic ring is 1. The van der Waals surface area contributed by atoms with E-state index in [1.165, 1.54) is 11.0 Å². The zero-order chi connectivity index (χ0) is 32.2. The summed E-state index contributed by atoms with van der Waals surface area (Å²) in [6.45, 7) is 2.75. The Bertz CT molecular complexity index is 1740. The number of rotatable bonds is 11. The maximum Gasteiger partial charge on any atom is 0.336 e. The molecule has 5 rings (SSSR count). The SMILES string of the molecule is C/C=C1/C=CC2=C(c3ccc(C(=O)N(C)Cc4c[n+](CCCCC(N)C(=O)O)[nH]n4)cc3C(=O)O)c3ccc(N)cc3OC2C1. The molecule has 2 atom stereocenters. The van der Waals surface area contributed by atoms with Crippen LogP contribution in [-0.2, 0) is 17.9 Å². The number of aliphatic carboxylic acids is 1. The van der Waals surface area contributed by atoms with Crippen LogP contribution in [0.3, 0.4) is 0 Å². The van der Waals surface area contributed by atoms with Crippen LogP contribution in [0.5, 0.6) is 5.75 Å².